The molecule has 1 aromatic heterocycles. The largest absolute Gasteiger partial charge is 0.383 e. The van der Waals surface area contributed by atoms with Crippen LogP contribution in [0.25, 0.3) is 10.9 Å². The number of para-hydroxylation sites is 1. The number of nitrogens with one attached hydrogen (secondary N) is 1. The van der Waals surface area contributed by atoms with Gasteiger partial charge in [-0.2, -0.15) is 0 Å². The average molecular weight is 333 g/mol. The van der Waals surface area contributed by atoms with Crippen LogP contribution in [0.15, 0.2) is 59.2 Å². The third-order valence-corrected chi connectivity index (χ3v) is 3.88. The van der Waals surface area contributed by atoms with Gasteiger partial charge in [0.05, 0.1) is 0 Å². The second-order valence-electron chi connectivity index (χ2n) is 4.62. The van der Waals surface area contributed by atoms with Gasteiger partial charge in [0.1, 0.15) is 5.82 Å². The van der Waals surface area contributed by atoms with Crippen molar-refractivity contribution >= 4 is 32.5 Å². The summed E-state index contributed by atoms with van der Waals surface area (Å²) in [5.74, 6) is -0.218. The maximum absolute atomic E-state index is 13.1. The Morgan fingerprint density at radius 3 is 2.80 bits per heavy atom. The summed E-state index contributed by atoms with van der Waals surface area (Å²) in [7, 11) is 0. The van der Waals surface area contributed by atoms with Crippen molar-refractivity contribution in [3.05, 3.63) is 65.0 Å². The first-order valence-electron chi connectivity index (χ1n) is 6.47. The van der Waals surface area contributed by atoms with Crippen molar-refractivity contribution in [1.29, 1.82) is 0 Å². The maximum atomic E-state index is 13.1. The Morgan fingerprint density at radius 1 is 1.10 bits per heavy atom. The van der Waals surface area contributed by atoms with Gasteiger partial charge in [0.2, 0.25) is 0 Å². The third-order valence-electron chi connectivity index (χ3n) is 3.25. The second-order valence-corrected chi connectivity index (χ2v) is 5.48. The number of hydrogen-bond acceptors (Lipinski definition) is 1. The molecule has 0 radical (unpaired) electrons. The minimum absolute atomic E-state index is 0.218. The normalized spacial score (nSPS) is 10.9. The molecule has 0 atom stereocenters. The molecule has 0 saturated carbocycles. The molecule has 0 fully saturated rings. The number of benzene rings is 2. The first kappa shape index (κ1) is 13.2. The molecule has 0 saturated heterocycles. The fourth-order valence-electron chi connectivity index (χ4n) is 2.31. The van der Waals surface area contributed by atoms with Crippen LogP contribution in [-0.4, -0.2) is 11.1 Å². The van der Waals surface area contributed by atoms with Gasteiger partial charge >= 0.3 is 0 Å². The van der Waals surface area contributed by atoms with Crippen molar-refractivity contribution in [1.82, 2.24) is 4.57 Å². The highest BCUT2D eigenvalue weighted by Crippen LogP contribution is 2.25. The summed E-state index contributed by atoms with van der Waals surface area (Å²) in [5, 5.41) is 4.44. The van der Waals surface area contributed by atoms with E-state index in [-0.39, 0.29) is 5.82 Å². The molecule has 2 aromatic carbocycles. The SMILES string of the molecule is Fc1cccc(NCCn2cc(Br)c3ccccc32)c1. The van der Waals surface area contributed by atoms with Crippen LogP contribution in [0.1, 0.15) is 0 Å². The highest BCUT2D eigenvalue weighted by molar-refractivity contribution is 9.10. The van der Waals surface area contributed by atoms with E-state index in [1.54, 1.807) is 6.07 Å². The Bertz CT molecular complexity index is 736. The third kappa shape index (κ3) is 2.70. The van der Waals surface area contributed by atoms with Gasteiger partial charge < -0.3 is 9.88 Å². The number of halogens is 2. The number of aromatic nitrogens is 1. The Morgan fingerprint density at radius 2 is 1.95 bits per heavy atom. The summed E-state index contributed by atoms with van der Waals surface area (Å²) in [5.41, 5.74) is 2.00. The standard InChI is InChI=1S/C16H14BrFN2/c17-15-11-20(16-7-2-1-6-14(15)16)9-8-19-13-5-3-4-12(18)10-13/h1-7,10-11,19H,8-9H2. The van der Waals surface area contributed by atoms with Crippen LogP contribution in [0.4, 0.5) is 10.1 Å². The van der Waals surface area contributed by atoms with Crippen LogP contribution < -0.4 is 5.32 Å². The zero-order chi connectivity index (χ0) is 13.9. The lowest BCUT2D eigenvalue weighted by atomic mass is 10.2. The maximum Gasteiger partial charge on any atom is 0.125 e. The Labute approximate surface area is 125 Å². The molecule has 0 aliphatic heterocycles. The lowest BCUT2D eigenvalue weighted by molar-refractivity contribution is 0.628. The van der Waals surface area contributed by atoms with Gasteiger partial charge in [-0.1, -0.05) is 24.3 Å². The lowest BCUT2D eigenvalue weighted by Gasteiger charge is -2.08. The molecular weight excluding hydrogens is 319 g/mol. The van der Waals surface area contributed by atoms with Crippen LogP contribution in [0.3, 0.4) is 0 Å². The monoisotopic (exact) mass is 332 g/mol. The molecule has 0 amide bonds. The van der Waals surface area contributed by atoms with E-state index in [0.717, 1.165) is 23.2 Å². The van der Waals surface area contributed by atoms with E-state index in [1.165, 1.54) is 23.0 Å². The minimum atomic E-state index is -0.218. The fraction of sp³-hybridized carbons (Fsp3) is 0.125. The van der Waals surface area contributed by atoms with Crippen LogP contribution in [0, 0.1) is 5.82 Å². The molecule has 3 rings (SSSR count). The summed E-state index contributed by atoms with van der Waals surface area (Å²) >= 11 is 3.57. The molecule has 0 unspecified atom stereocenters. The van der Waals surface area contributed by atoms with Crippen molar-refractivity contribution in [2.24, 2.45) is 0 Å². The summed E-state index contributed by atoms with van der Waals surface area (Å²) in [6.07, 6.45) is 2.08. The summed E-state index contributed by atoms with van der Waals surface area (Å²) in [4.78, 5) is 0. The van der Waals surface area contributed by atoms with Gasteiger partial charge in [0.25, 0.3) is 0 Å². The van der Waals surface area contributed by atoms with E-state index in [4.69, 9.17) is 0 Å². The molecule has 102 valence electrons. The van der Waals surface area contributed by atoms with Crippen LogP contribution in [0.5, 0.6) is 0 Å². The number of fused-ring (bicyclic) bond motifs is 1. The van der Waals surface area contributed by atoms with E-state index in [1.807, 2.05) is 18.2 Å². The van der Waals surface area contributed by atoms with Crippen molar-refractivity contribution in [2.45, 2.75) is 6.54 Å². The summed E-state index contributed by atoms with van der Waals surface area (Å²) in [6, 6.07) is 14.8. The number of nitrogens with zero attached hydrogens (tertiary/aromatic N) is 1. The predicted octanol–water partition coefficient (Wildman–Crippen LogP) is 4.66. The molecule has 20 heavy (non-hydrogen) atoms. The van der Waals surface area contributed by atoms with Crippen molar-refractivity contribution < 1.29 is 4.39 Å². The van der Waals surface area contributed by atoms with E-state index < -0.39 is 0 Å². The molecule has 3 aromatic rings. The highest BCUT2D eigenvalue weighted by atomic mass is 79.9. The second kappa shape index (κ2) is 5.67. The molecule has 1 N–H and O–H groups in total. The average Bonchev–Trinajstić information content (AvgIpc) is 2.77. The van der Waals surface area contributed by atoms with Gasteiger partial charge in [-0.15, -0.1) is 0 Å². The topological polar surface area (TPSA) is 17.0 Å². The zero-order valence-electron chi connectivity index (χ0n) is 10.8. The fourth-order valence-corrected chi connectivity index (χ4v) is 2.89. The lowest BCUT2D eigenvalue weighted by Crippen LogP contribution is -2.09. The molecule has 0 aliphatic rings. The molecule has 0 spiro atoms. The van der Waals surface area contributed by atoms with Gasteiger partial charge in [-0.3, -0.25) is 0 Å². The van der Waals surface area contributed by atoms with E-state index in [9.17, 15) is 4.39 Å². The van der Waals surface area contributed by atoms with Gasteiger partial charge in [-0.25, -0.2) is 4.39 Å². The smallest absolute Gasteiger partial charge is 0.125 e. The Hall–Kier alpha value is -1.81. The van der Waals surface area contributed by atoms with Crippen molar-refractivity contribution in [2.75, 3.05) is 11.9 Å². The molecule has 0 bridgehead atoms. The van der Waals surface area contributed by atoms with Gasteiger partial charge in [0.15, 0.2) is 0 Å². The van der Waals surface area contributed by atoms with Crippen LogP contribution in [-0.2, 0) is 6.54 Å². The van der Waals surface area contributed by atoms with E-state index in [0.29, 0.717) is 0 Å². The summed E-state index contributed by atoms with van der Waals surface area (Å²) in [6.45, 7) is 1.57. The molecule has 2 nitrogen and oxygen atoms in total. The van der Waals surface area contributed by atoms with E-state index >= 15 is 0 Å². The first-order valence-corrected chi connectivity index (χ1v) is 7.26. The first-order chi connectivity index (χ1) is 9.74. The van der Waals surface area contributed by atoms with Gasteiger partial charge in [-0.05, 0) is 40.2 Å². The summed E-state index contributed by atoms with van der Waals surface area (Å²) < 4.78 is 16.4. The van der Waals surface area contributed by atoms with E-state index in [2.05, 4.69) is 44.1 Å². The van der Waals surface area contributed by atoms with Crippen LogP contribution >= 0.6 is 15.9 Å². The Kier molecular flexibility index (Phi) is 3.74. The predicted molar refractivity (Wildman–Crippen MR) is 84.5 cm³/mol. The minimum Gasteiger partial charge on any atom is -0.383 e. The molecule has 0 aliphatic carbocycles. The number of hydrogen-bond donors (Lipinski definition) is 1. The van der Waals surface area contributed by atoms with Crippen LogP contribution in [0.2, 0.25) is 0 Å². The molecule has 1 heterocycles. The highest BCUT2D eigenvalue weighted by Gasteiger charge is 2.05. The molecular formula is C16H14BrFN2. The van der Waals surface area contributed by atoms with Crippen molar-refractivity contribution in [3.63, 3.8) is 0 Å². The zero-order valence-corrected chi connectivity index (χ0v) is 12.4. The van der Waals surface area contributed by atoms with Gasteiger partial charge in [0, 0.05) is 40.3 Å². The number of rotatable bonds is 4. The quantitative estimate of drug-likeness (QED) is 0.735. The number of anilines is 1. The molecule has 4 heteroatoms. The van der Waals surface area contributed by atoms with Crippen molar-refractivity contribution in [3.8, 4) is 0 Å². The Balaban J connectivity index is 1.71.